The summed E-state index contributed by atoms with van der Waals surface area (Å²) in [5.41, 5.74) is 10.3. The second kappa shape index (κ2) is 7.89. The summed E-state index contributed by atoms with van der Waals surface area (Å²) in [7, 11) is 0. The van der Waals surface area contributed by atoms with Crippen molar-refractivity contribution in [2.24, 2.45) is 0 Å². The molecule has 0 N–H and O–H groups in total. The second-order valence-electron chi connectivity index (χ2n) is 8.17. The van der Waals surface area contributed by atoms with Gasteiger partial charge in [-0.1, -0.05) is 94.8 Å². The molecule has 0 fully saturated rings. The molecule has 1 atom stereocenters. The van der Waals surface area contributed by atoms with Gasteiger partial charge in [0.25, 0.3) is 0 Å². The van der Waals surface area contributed by atoms with Crippen LogP contribution in [-0.2, 0) is 0 Å². The quantitative estimate of drug-likeness (QED) is 0.226. The van der Waals surface area contributed by atoms with E-state index in [0.717, 1.165) is 4.47 Å². The van der Waals surface area contributed by atoms with Gasteiger partial charge in [0.15, 0.2) is 12.4 Å². The number of halogens is 1. The van der Waals surface area contributed by atoms with Gasteiger partial charge in [-0.15, -0.1) is 0 Å². The van der Waals surface area contributed by atoms with Crippen molar-refractivity contribution < 1.29 is 4.57 Å². The molecule has 0 bridgehead atoms. The van der Waals surface area contributed by atoms with Crippen molar-refractivity contribution in [1.82, 2.24) is 0 Å². The fourth-order valence-electron chi connectivity index (χ4n) is 4.86. The van der Waals surface area contributed by atoms with Crippen LogP contribution in [0.25, 0.3) is 33.4 Å². The Hall–Kier alpha value is -3.49. The van der Waals surface area contributed by atoms with Crippen LogP contribution in [0.4, 0.5) is 0 Å². The number of hydrogen-bond donors (Lipinski definition) is 0. The van der Waals surface area contributed by atoms with E-state index in [4.69, 9.17) is 0 Å². The van der Waals surface area contributed by atoms with E-state index in [-0.39, 0.29) is 6.04 Å². The molecule has 0 spiro atoms. The summed E-state index contributed by atoms with van der Waals surface area (Å²) in [6.07, 6.45) is 4.34. The Morgan fingerprint density at radius 3 is 1.84 bits per heavy atom. The summed E-state index contributed by atoms with van der Waals surface area (Å²) in [5, 5.41) is 0. The minimum Gasteiger partial charge on any atom is -0.194 e. The number of benzene rings is 4. The third-order valence-electron chi connectivity index (χ3n) is 6.32. The van der Waals surface area contributed by atoms with E-state index in [2.05, 4.69) is 142 Å². The summed E-state index contributed by atoms with van der Waals surface area (Å²) in [4.78, 5) is 0. The van der Waals surface area contributed by atoms with Crippen molar-refractivity contribution in [3.63, 3.8) is 0 Å². The smallest absolute Gasteiger partial charge is 0.194 e. The van der Waals surface area contributed by atoms with Crippen molar-refractivity contribution in [2.75, 3.05) is 0 Å². The standard InChI is InChI=1S/C30H21BrN/c31-23-15-12-21(13-16-23)22-14-17-28-29(20-22)26-10-3-2-8-24(26)25-9-4-5-11-27(25)30(28)32-18-6-1-7-19-32/h1-20,30H/q+1. The number of aromatic nitrogens is 1. The highest BCUT2D eigenvalue weighted by molar-refractivity contribution is 9.10. The molecular formula is C30H21BrN+. The van der Waals surface area contributed by atoms with Crippen LogP contribution in [0.15, 0.2) is 126 Å². The first-order valence-electron chi connectivity index (χ1n) is 10.8. The Balaban J connectivity index is 1.67. The van der Waals surface area contributed by atoms with E-state index in [1.165, 1.54) is 44.5 Å². The Labute approximate surface area is 196 Å². The van der Waals surface area contributed by atoms with Gasteiger partial charge in [0.05, 0.1) is 0 Å². The highest BCUT2D eigenvalue weighted by Gasteiger charge is 2.32. The zero-order chi connectivity index (χ0) is 21.5. The lowest BCUT2D eigenvalue weighted by molar-refractivity contribution is -0.704. The first kappa shape index (κ1) is 19.2. The van der Waals surface area contributed by atoms with E-state index in [1.807, 2.05) is 0 Å². The highest BCUT2D eigenvalue weighted by atomic mass is 79.9. The van der Waals surface area contributed by atoms with E-state index in [1.54, 1.807) is 0 Å². The van der Waals surface area contributed by atoms with Crippen LogP contribution in [0.2, 0.25) is 0 Å². The molecule has 0 amide bonds. The van der Waals surface area contributed by atoms with Crippen LogP contribution in [0.5, 0.6) is 0 Å². The van der Waals surface area contributed by atoms with Crippen LogP contribution in [0, 0.1) is 0 Å². The molecule has 1 aliphatic carbocycles. The molecule has 1 aromatic heterocycles. The number of hydrogen-bond acceptors (Lipinski definition) is 0. The Morgan fingerprint density at radius 2 is 1.09 bits per heavy atom. The summed E-state index contributed by atoms with van der Waals surface area (Å²) >= 11 is 3.56. The summed E-state index contributed by atoms with van der Waals surface area (Å²) < 4.78 is 3.42. The van der Waals surface area contributed by atoms with Gasteiger partial charge in [-0.2, -0.15) is 4.57 Å². The minimum absolute atomic E-state index is 0.105. The first-order chi connectivity index (χ1) is 15.8. The Morgan fingerprint density at radius 1 is 0.500 bits per heavy atom. The predicted octanol–water partition coefficient (Wildman–Crippen LogP) is 7.69. The molecule has 1 aliphatic rings. The Bertz CT molecular complexity index is 1420. The van der Waals surface area contributed by atoms with Crippen LogP contribution >= 0.6 is 15.9 Å². The molecular weight excluding hydrogens is 454 g/mol. The minimum atomic E-state index is 0.105. The molecule has 4 aromatic carbocycles. The van der Waals surface area contributed by atoms with Gasteiger partial charge in [-0.05, 0) is 51.6 Å². The molecule has 0 aliphatic heterocycles. The van der Waals surface area contributed by atoms with Gasteiger partial charge in [0, 0.05) is 27.7 Å². The molecule has 0 saturated heterocycles. The molecule has 6 rings (SSSR count). The molecule has 152 valence electrons. The van der Waals surface area contributed by atoms with Gasteiger partial charge < -0.3 is 0 Å². The van der Waals surface area contributed by atoms with Crippen molar-refractivity contribution in [3.05, 3.63) is 137 Å². The van der Waals surface area contributed by atoms with Crippen LogP contribution < -0.4 is 4.57 Å². The number of rotatable bonds is 2. The monoisotopic (exact) mass is 474 g/mol. The zero-order valence-corrected chi connectivity index (χ0v) is 19.0. The molecule has 0 saturated carbocycles. The van der Waals surface area contributed by atoms with Crippen LogP contribution in [0.1, 0.15) is 17.2 Å². The zero-order valence-electron chi connectivity index (χ0n) is 17.4. The van der Waals surface area contributed by atoms with E-state index >= 15 is 0 Å². The lowest BCUT2D eigenvalue weighted by atomic mass is 9.90. The van der Waals surface area contributed by atoms with Gasteiger partial charge >= 0.3 is 0 Å². The summed E-state index contributed by atoms with van der Waals surface area (Å²) in [6, 6.07) is 39.5. The maximum Gasteiger partial charge on any atom is 0.210 e. The average Bonchev–Trinajstić information content (AvgIpc) is 2.98. The number of pyridine rings is 1. The second-order valence-corrected chi connectivity index (χ2v) is 9.08. The van der Waals surface area contributed by atoms with Crippen LogP contribution in [-0.4, -0.2) is 0 Å². The molecule has 0 radical (unpaired) electrons. The van der Waals surface area contributed by atoms with Crippen molar-refractivity contribution in [1.29, 1.82) is 0 Å². The fraction of sp³-hybridized carbons (Fsp3) is 0.0333. The number of fused-ring (bicyclic) bond motifs is 5. The normalized spacial score (nSPS) is 14.1. The lowest BCUT2D eigenvalue weighted by Crippen LogP contribution is -2.40. The summed E-state index contributed by atoms with van der Waals surface area (Å²) in [5.74, 6) is 0. The molecule has 5 aromatic rings. The average molecular weight is 475 g/mol. The van der Waals surface area contributed by atoms with Crippen molar-refractivity contribution in [2.45, 2.75) is 6.04 Å². The summed E-state index contributed by atoms with van der Waals surface area (Å²) in [6.45, 7) is 0. The van der Waals surface area contributed by atoms with E-state index < -0.39 is 0 Å². The van der Waals surface area contributed by atoms with Crippen molar-refractivity contribution in [3.8, 4) is 33.4 Å². The fourth-order valence-corrected chi connectivity index (χ4v) is 5.12. The third-order valence-corrected chi connectivity index (χ3v) is 6.85. The van der Waals surface area contributed by atoms with Crippen LogP contribution in [0.3, 0.4) is 0 Å². The van der Waals surface area contributed by atoms with E-state index in [0.29, 0.717) is 0 Å². The van der Waals surface area contributed by atoms with Gasteiger partial charge in [0.1, 0.15) is 0 Å². The van der Waals surface area contributed by atoms with Crippen molar-refractivity contribution >= 4 is 15.9 Å². The maximum atomic E-state index is 3.56. The molecule has 2 heteroatoms. The largest absolute Gasteiger partial charge is 0.210 e. The molecule has 1 nitrogen and oxygen atoms in total. The van der Waals surface area contributed by atoms with Gasteiger partial charge in [-0.3, -0.25) is 0 Å². The lowest BCUT2D eigenvalue weighted by Gasteiger charge is -2.17. The first-order valence-corrected chi connectivity index (χ1v) is 11.6. The SMILES string of the molecule is Brc1ccc(-c2ccc3c(c2)-c2ccccc2-c2ccccc2C3[n+]2ccccc2)cc1. The maximum absolute atomic E-state index is 3.56. The third kappa shape index (κ3) is 3.19. The van der Waals surface area contributed by atoms with E-state index in [9.17, 15) is 0 Å². The number of nitrogens with zero attached hydrogens (tertiary/aromatic N) is 1. The topological polar surface area (TPSA) is 3.88 Å². The highest BCUT2D eigenvalue weighted by Crippen LogP contribution is 2.45. The molecule has 1 unspecified atom stereocenters. The molecule has 32 heavy (non-hydrogen) atoms. The predicted molar refractivity (Wildman–Crippen MR) is 134 cm³/mol. The van der Waals surface area contributed by atoms with Gasteiger partial charge in [0.2, 0.25) is 6.04 Å². The van der Waals surface area contributed by atoms with Gasteiger partial charge in [-0.25, -0.2) is 0 Å². The molecule has 1 heterocycles. The Kier molecular flexibility index (Phi) is 4.74.